The predicted molar refractivity (Wildman–Crippen MR) is 107 cm³/mol. The second kappa shape index (κ2) is 10.2. The standard InChI is InChI=1S/C22H17N3O5/c1-27-12-17(13-28-15-26)18-7-3-5-9-20(18)30-22-10-21(24-14-25-22)29-19-8-4-2-6-16(19)11-23/h2-10,12,14-15H,13H2,1H3. The number of methoxy groups -OCH3 is 1. The quantitative estimate of drug-likeness (QED) is 0.389. The lowest BCUT2D eigenvalue weighted by Gasteiger charge is -2.13. The molecule has 0 aliphatic carbocycles. The Morgan fingerprint density at radius 3 is 2.40 bits per heavy atom. The van der Waals surface area contributed by atoms with Crippen LogP contribution in [0.2, 0.25) is 0 Å². The summed E-state index contributed by atoms with van der Waals surface area (Å²) in [6.45, 7) is 0.376. The van der Waals surface area contributed by atoms with Crippen molar-refractivity contribution in [2.45, 2.75) is 0 Å². The third-order valence-electron chi connectivity index (χ3n) is 3.85. The molecule has 0 aliphatic heterocycles. The number of nitrogens with zero attached hydrogens (tertiary/aromatic N) is 3. The molecule has 8 heteroatoms. The smallest absolute Gasteiger partial charge is 0.293 e. The molecule has 150 valence electrons. The Bertz CT molecular complexity index is 1090. The lowest BCUT2D eigenvalue weighted by Crippen LogP contribution is -2.00. The summed E-state index contributed by atoms with van der Waals surface area (Å²) >= 11 is 0. The number of nitriles is 1. The third-order valence-corrected chi connectivity index (χ3v) is 3.85. The van der Waals surface area contributed by atoms with Gasteiger partial charge in [-0.05, 0) is 18.2 Å². The molecule has 0 amide bonds. The molecule has 30 heavy (non-hydrogen) atoms. The highest BCUT2D eigenvalue weighted by molar-refractivity contribution is 5.71. The van der Waals surface area contributed by atoms with Crippen LogP contribution >= 0.6 is 0 Å². The van der Waals surface area contributed by atoms with E-state index in [0.29, 0.717) is 34.7 Å². The highest BCUT2D eigenvalue weighted by Crippen LogP contribution is 2.31. The number of benzene rings is 2. The van der Waals surface area contributed by atoms with Crippen LogP contribution < -0.4 is 9.47 Å². The summed E-state index contributed by atoms with van der Waals surface area (Å²) in [6, 6.07) is 17.6. The van der Waals surface area contributed by atoms with Crippen LogP contribution in [0.1, 0.15) is 11.1 Å². The summed E-state index contributed by atoms with van der Waals surface area (Å²) in [4.78, 5) is 18.8. The van der Waals surface area contributed by atoms with Gasteiger partial charge in [-0.15, -0.1) is 0 Å². The number of para-hydroxylation sites is 2. The van der Waals surface area contributed by atoms with Gasteiger partial charge in [-0.2, -0.15) is 5.26 Å². The Labute approximate surface area is 172 Å². The topological polar surface area (TPSA) is 104 Å². The van der Waals surface area contributed by atoms with Gasteiger partial charge in [0.1, 0.15) is 30.5 Å². The van der Waals surface area contributed by atoms with Crippen molar-refractivity contribution in [3.05, 3.63) is 78.3 Å². The van der Waals surface area contributed by atoms with Crippen LogP contribution in [0.25, 0.3) is 5.57 Å². The van der Waals surface area contributed by atoms with Gasteiger partial charge in [-0.25, -0.2) is 9.97 Å². The minimum Gasteiger partial charge on any atom is -0.504 e. The summed E-state index contributed by atoms with van der Waals surface area (Å²) in [6.07, 6.45) is 2.77. The van der Waals surface area contributed by atoms with Crippen LogP contribution in [0, 0.1) is 11.3 Å². The third kappa shape index (κ3) is 5.11. The van der Waals surface area contributed by atoms with E-state index in [0.717, 1.165) is 0 Å². The monoisotopic (exact) mass is 403 g/mol. The van der Waals surface area contributed by atoms with Crippen molar-refractivity contribution >= 4 is 12.0 Å². The van der Waals surface area contributed by atoms with E-state index in [9.17, 15) is 10.1 Å². The van der Waals surface area contributed by atoms with E-state index >= 15 is 0 Å². The van der Waals surface area contributed by atoms with Crippen LogP contribution in [0.15, 0.2) is 67.2 Å². The van der Waals surface area contributed by atoms with Crippen molar-refractivity contribution in [3.63, 3.8) is 0 Å². The number of ether oxygens (including phenoxy) is 4. The lowest BCUT2D eigenvalue weighted by molar-refractivity contribution is -0.127. The highest BCUT2D eigenvalue weighted by Gasteiger charge is 2.13. The first-order valence-corrected chi connectivity index (χ1v) is 8.78. The maximum atomic E-state index is 10.6. The Morgan fingerprint density at radius 1 is 1.03 bits per heavy atom. The maximum absolute atomic E-state index is 10.6. The van der Waals surface area contributed by atoms with E-state index in [1.54, 1.807) is 42.5 Å². The molecule has 3 rings (SSSR count). The van der Waals surface area contributed by atoms with Gasteiger partial charge in [-0.1, -0.05) is 30.3 Å². The van der Waals surface area contributed by atoms with E-state index in [-0.39, 0.29) is 18.4 Å². The summed E-state index contributed by atoms with van der Waals surface area (Å²) in [5.41, 5.74) is 1.65. The van der Waals surface area contributed by atoms with Gasteiger partial charge < -0.3 is 18.9 Å². The molecule has 1 heterocycles. The minimum atomic E-state index is 0.0147. The van der Waals surface area contributed by atoms with Gasteiger partial charge in [0.2, 0.25) is 11.8 Å². The zero-order valence-corrected chi connectivity index (χ0v) is 16.0. The molecule has 0 unspecified atom stereocenters. The van der Waals surface area contributed by atoms with Crippen molar-refractivity contribution in [1.29, 1.82) is 5.26 Å². The Hall–Kier alpha value is -4.38. The summed E-state index contributed by atoms with van der Waals surface area (Å²) < 4.78 is 21.6. The molecule has 0 spiro atoms. The molecule has 3 aromatic rings. The number of aromatic nitrogens is 2. The van der Waals surface area contributed by atoms with E-state index < -0.39 is 0 Å². The van der Waals surface area contributed by atoms with E-state index in [2.05, 4.69) is 16.0 Å². The van der Waals surface area contributed by atoms with Crippen LogP contribution in [-0.4, -0.2) is 30.2 Å². The van der Waals surface area contributed by atoms with Crippen molar-refractivity contribution in [3.8, 4) is 29.3 Å². The van der Waals surface area contributed by atoms with E-state index in [1.165, 1.54) is 25.8 Å². The molecular formula is C22H17N3O5. The zero-order valence-electron chi connectivity index (χ0n) is 16.0. The van der Waals surface area contributed by atoms with E-state index in [1.807, 2.05) is 6.07 Å². The van der Waals surface area contributed by atoms with Crippen LogP contribution in [0.4, 0.5) is 0 Å². The molecular weight excluding hydrogens is 386 g/mol. The van der Waals surface area contributed by atoms with Gasteiger partial charge in [0.25, 0.3) is 6.47 Å². The number of carbonyl (C=O) groups excluding carboxylic acids is 1. The first-order chi connectivity index (χ1) is 14.7. The van der Waals surface area contributed by atoms with Gasteiger partial charge in [-0.3, -0.25) is 4.79 Å². The largest absolute Gasteiger partial charge is 0.504 e. The fourth-order valence-electron chi connectivity index (χ4n) is 2.57. The van der Waals surface area contributed by atoms with E-state index in [4.69, 9.17) is 18.9 Å². The van der Waals surface area contributed by atoms with Gasteiger partial charge in [0.15, 0.2) is 0 Å². The second-order valence-corrected chi connectivity index (χ2v) is 5.79. The molecule has 0 saturated carbocycles. The molecule has 1 aromatic heterocycles. The highest BCUT2D eigenvalue weighted by atomic mass is 16.5. The Balaban J connectivity index is 1.86. The lowest BCUT2D eigenvalue weighted by atomic mass is 10.1. The first-order valence-electron chi connectivity index (χ1n) is 8.78. The average molecular weight is 403 g/mol. The average Bonchev–Trinajstić information content (AvgIpc) is 2.78. The normalized spacial score (nSPS) is 10.6. The second-order valence-electron chi connectivity index (χ2n) is 5.79. The fourth-order valence-corrected chi connectivity index (χ4v) is 2.57. The molecule has 0 fully saturated rings. The molecule has 0 bridgehead atoms. The summed E-state index contributed by atoms with van der Waals surface area (Å²) in [5, 5.41) is 9.20. The molecule has 2 aromatic carbocycles. The predicted octanol–water partition coefficient (Wildman–Crippen LogP) is 4.09. The molecule has 0 aliphatic rings. The fraction of sp³-hybridized carbons (Fsp3) is 0.0909. The Morgan fingerprint density at radius 2 is 1.70 bits per heavy atom. The number of rotatable bonds is 9. The van der Waals surface area contributed by atoms with Crippen LogP contribution in [0.5, 0.6) is 23.3 Å². The Kier molecular flexibility index (Phi) is 6.95. The van der Waals surface area contributed by atoms with Crippen LogP contribution in [0.3, 0.4) is 0 Å². The number of hydrogen-bond donors (Lipinski definition) is 0. The van der Waals surface area contributed by atoms with Gasteiger partial charge >= 0.3 is 0 Å². The van der Waals surface area contributed by atoms with Crippen molar-refractivity contribution in [2.75, 3.05) is 13.7 Å². The molecule has 0 radical (unpaired) electrons. The maximum Gasteiger partial charge on any atom is 0.293 e. The SMILES string of the molecule is COC=C(COC=O)c1ccccc1Oc1cc(Oc2ccccc2C#N)ncn1. The first kappa shape index (κ1) is 20.4. The van der Waals surface area contributed by atoms with Crippen molar-refractivity contribution in [2.24, 2.45) is 0 Å². The van der Waals surface area contributed by atoms with Crippen LogP contribution in [-0.2, 0) is 14.3 Å². The molecule has 0 N–H and O–H groups in total. The molecule has 0 saturated heterocycles. The van der Waals surface area contributed by atoms with Gasteiger partial charge in [0.05, 0.1) is 25.0 Å². The van der Waals surface area contributed by atoms with Gasteiger partial charge in [0, 0.05) is 11.1 Å². The minimum absolute atomic E-state index is 0.0147. The zero-order chi connectivity index (χ0) is 21.2. The summed E-state index contributed by atoms with van der Waals surface area (Å²) in [7, 11) is 1.50. The summed E-state index contributed by atoms with van der Waals surface area (Å²) in [5.74, 6) is 1.30. The number of hydrogen-bond acceptors (Lipinski definition) is 8. The van der Waals surface area contributed by atoms with Crippen molar-refractivity contribution in [1.82, 2.24) is 9.97 Å². The van der Waals surface area contributed by atoms with Crippen molar-refractivity contribution < 1.29 is 23.7 Å². The molecule has 0 atom stereocenters. The number of carbonyl (C=O) groups is 1. The molecule has 8 nitrogen and oxygen atoms in total.